The number of rotatable bonds is 5. The number of hydrogen-bond acceptors (Lipinski definition) is 5. The van der Waals surface area contributed by atoms with Crippen molar-refractivity contribution in [3.63, 3.8) is 0 Å². The first kappa shape index (κ1) is 13.9. The van der Waals surface area contributed by atoms with Crippen molar-refractivity contribution in [2.24, 2.45) is 0 Å². The topological polar surface area (TPSA) is 81.0 Å². The van der Waals surface area contributed by atoms with Crippen LogP contribution < -0.4 is 5.32 Å². The van der Waals surface area contributed by atoms with Crippen LogP contribution in [-0.4, -0.2) is 21.4 Å². The standard InChI is InChI=1S/C14H16N4O2/c1-3-9-15-14-16-10(2)13(18(19)20)12(17-14)11-7-5-4-6-8-11/h4-8H,3,9H2,1-2H3,(H,15,16,17). The molecule has 20 heavy (non-hydrogen) atoms. The summed E-state index contributed by atoms with van der Waals surface area (Å²) in [5, 5.41) is 14.3. The fraction of sp³-hybridized carbons (Fsp3) is 0.286. The zero-order chi connectivity index (χ0) is 14.5. The molecule has 0 saturated heterocycles. The molecule has 1 N–H and O–H groups in total. The lowest BCUT2D eigenvalue weighted by Gasteiger charge is -2.08. The number of aryl methyl sites for hydroxylation is 1. The van der Waals surface area contributed by atoms with Gasteiger partial charge in [0.15, 0.2) is 5.69 Å². The second-order valence-electron chi connectivity index (χ2n) is 4.38. The molecule has 1 heterocycles. The van der Waals surface area contributed by atoms with Crippen LogP contribution in [-0.2, 0) is 0 Å². The molecule has 0 amide bonds. The molecule has 0 aliphatic rings. The fourth-order valence-corrected chi connectivity index (χ4v) is 1.90. The Morgan fingerprint density at radius 2 is 1.95 bits per heavy atom. The number of aromatic nitrogens is 2. The van der Waals surface area contributed by atoms with Gasteiger partial charge in [0.2, 0.25) is 5.95 Å². The van der Waals surface area contributed by atoms with E-state index in [9.17, 15) is 10.1 Å². The van der Waals surface area contributed by atoms with E-state index in [0.717, 1.165) is 13.0 Å². The van der Waals surface area contributed by atoms with E-state index in [1.54, 1.807) is 19.1 Å². The SMILES string of the molecule is CCCNc1nc(C)c([N+](=O)[O-])c(-c2ccccc2)n1. The average molecular weight is 272 g/mol. The number of nitro groups is 1. The van der Waals surface area contributed by atoms with Crippen molar-refractivity contribution in [1.82, 2.24) is 9.97 Å². The summed E-state index contributed by atoms with van der Waals surface area (Å²) in [5.74, 6) is 0.425. The minimum absolute atomic E-state index is 0.0433. The van der Waals surface area contributed by atoms with Crippen LogP contribution in [0.2, 0.25) is 0 Å². The number of hydrogen-bond donors (Lipinski definition) is 1. The van der Waals surface area contributed by atoms with Gasteiger partial charge in [0, 0.05) is 12.1 Å². The average Bonchev–Trinajstić information content (AvgIpc) is 2.45. The number of benzene rings is 1. The summed E-state index contributed by atoms with van der Waals surface area (Å²) in [6.07, 6.45) is 0.931. The molecule has 0 radical (unpaired) electrons. The van der Waals surface area contributed by atoms with Gasteiger partial charge in [-0.15, -0.1) is 0 Å². The van der Waals surface area contributed by atoms with E-state index in [2.05, 4.69) is 15.3 Å². The predicted molar refractivity (Wildman–Crippen MR) is 77.6 cm³/mol. The minimum Gasteiger partial charge on any atom is -0.354 e. The van der Waals surface area contributed by atoms with Gasteiger partial charge >= 0.3 is 5.69 Å². The Morgan fingerprint density at radius 1 is 1.25 bits per heavy atom. The first-order valence-corrected chi connectivity index (χ1v) is 6.45. The smallest absolute Gasteiger partial charge is 0.316 e. The van der Waals surface area contributed by atoms with Crippen molar-refractivity contribution >= 4 is 11.6 Å². The van der Waals surface area contributed by atoms with Gasteiger partial charge in [-0.1, -0.05) is 37.3 Å². The summed E-state index contributed by atoms with van der Waals surface area (Å²) in [5.41, 5.74) is 1.38. The monoisotopic (exact) mass is 272 g/mol. The summed E-state index contributed by atoms with van der Waals surface area (Å²) in [6.45, 7) is 4.39. The number of anilines is 1. The van der Waals surface area contributed by atoms with Crippen molar-refractivity contribution in [3.05, 3.63) is 46.1 Å². The molecule has 0 bridgehead atoms. The number of nitrogens with zero attached hydrogens (tertiary/aromatic N) is 3. The quantitative estimate of drug-likeness (QED) is 0.667. The van der Waals surface area contributed by atoms with Gasteiger partial charge in [0.25, 0.3) is 0 Å². The third kappa shape index (κ3) is 2.90. The first-order valence-electron chi connectivity index (χ1n) is 6.45. The zero-order valence-electron chi connectivity index (χ0n) is 11.5. The molecule has 104 valence electrons. The van der Waals surface area contributed by atoms with Crippen LogP contribution in [0, 0.1) is 17.0 Å². The lowest BCUT2D eigenvalue weighted by atomic mass is 10.1. The second-order valence-corrected chi connectivity index (χ2v) is 4.38. The molecular formula is C14H16N4O2. The van der Waals surface area contributed by atoms with E-state index in [4.69, 9.17) is 0 Å². The van der Waals surface area contributed by atoms with Crippen molar-refractivity contribution < 1.29 is 4.92 Å². The van der Waals surface area contributed by atoms with Gasteiger partial charge in [-0.3, -0.25) is 10.1 Å². The lowest BCUT2D eigenvalue weighted by Crippen LogP contribution is -2.08. The first-order chi connectivity index (χ1) is 9.63. The van der Waals surface area contributed by atoms with Crippen molar-refractivity contribution in [1.29, 1.82) is 0 Å². The molecule has 6 nitrogen and oxygen atoms in total. The van der Waals surface area contributed by atoms with E-state index in [-0.39, 0.29) is 5.69 Å². The predicted octanol–water partition coefficient (Wildman–Crippen LogP) is 3.18. The minimum atomic E-state index is -0.429. The molecule has 0 saturated carbocycles. The van der Waals surface area contributed by atoms with E-state index in [1.165, 1.54) is 0 Å². The van der Waals surface area contributed by atoms with Gasteiger partial charge in [0.05, 0.1) is 4.92 Å². The highest BCUT2D eigenvalue weighted by molar-refractivity contribution is 5.71. The summed E-state index contributed by atoms with van der Waals surface area (Å²) in [7, 11) is 0. The van der Waals surface area contributed by atoms with Gasteiger partial charge < -0.3 is 5.32 Å². The maximum absolute atomic E-state index is 11.2. The van der Waals surface area contributed by atoms with Gasteiger partial charge in [-0.25, -0.2) is 9.97 Å². The Balaban J connectivity index is 2.56. The van der Waals surface area contributed by atoms with E-state index < -0.39 is 4.92 Å². The fourth-order valence-electron chi connectivity index (χ4n) is 1.90. The van der Waals surface area contributed by atoms with Crippen LogP contribution >= 0.6 is 0 Å². The van der Waals surface area contributed by atoms with Crippen molar-refractivity contribution in [2.75, 3.05) is 11.9 Å². The number of nitrogens with one attached hydrogen (secondary N) is 1. The molecule has 0 aliphatic carbocycles. The molecule has 1 aromatic carbocycles. The van der Waals surface area contributed by atoms with Crippen LogP contribution in [0.4, 0.5) is 11.6 Å². The highest BCUT2D eigenvalue weighted by Gasteiger charge is 2.22. The molecule has 1 aromatic heterocycles. The summed E-state index contributed by atoms with van der Waals surface area (Å²) in [4.78, 5) is 19.3. The highest BCUT2D eigenvalue weighted by atomic mass is 16.6. The van der Waals surface area contributed by atoms with Crippen LogP contribution in [0.5, 0.6) is 0 Å². The molecule has 6 heteroatoms. The Labute approximate surface area is 117 Å². The third-order valence-corrected chi connectivity index (χ3v) is 2.82. The molecule has 0 spiro atoms. The molecule has 0 unspecified atom stereocenters. The second kappa shape index (κ2) is 6.10. The lowest BCUT2D eigenvalue weighted by molar-refractivity contribution is -0.385. The Bertz CT molecular complexity index is 614. The largest absolute Gasteiger partial charge is 0.354 e. The maximum atomic E-state index is 11.2. The molecule has 0 aliphatic heterocycles. The van der Waals surface area contributed by atoms with Gasteiger partial charge in [0.1, 0.15) is 5.69 Å². The van der Waals surface area contributed by atoms with Gasteiger partial charge in [-0.2, -0.15) is 0 Å². The molecule has 0 atom stereocenters. The Morgan fingerprint density at radius 3 is 2.55 bits per heavy atom. The van der Waals surface area contributed by atoms with Crippen molar-refractivity contribution in [2.45, 2.75) is 20.3 Å². The maximum Gasteiger partial charge on any atom is 0.316 e. The summed E-state index contributed by atoms with van der Waals surface area (Å²) >= 11 is 0. The third-order valence-electron chi connectivity index (χ3n) is 2.82. The Hall–Kier alpha value is -2.50. The van der Waals surface area contributed by atoms with E-state index in [0.29, 0.717) is 22.9 Å². The highest BCUT2D eigenvalue weighted by Crippen LogP contribution is 2.30. The van der Waals surface area contributed by atoms with Crippen LogP contribution in [0.15, 0.2) is 30.3 Å². The molecule has 0 fully saturated rings. The summed E-state index contributed by atoms with van der Waals surface area (Å²) in [6, 6.07) is 9.13. The van der Waals surface area contributed by atoms with Gasteiger partial charge in [-0.05, 0) is 13.3 Å². The molecular weight excluding hydrogens is 256 g/mol. The summed E-state index contributed by atoms with van der Waals surface area (Å²) < 4.78 is 0. The zero-order valence-corrected chi connectivity index (χ0v) is 11.5. The Kier molecular flexibility index (Phi) is 4.24. The van der Waals surface area contributed by atoms with Crippen LogP contribution in [0.25, 0.3) is 11.3 Å². The van der Waals surface area contributed by atoms with Crippen LogP contribution in [0.1, 0.15) is 19.0 Å². The van der Waals surface area contributed by atoms with E-state index >= 15 is 0 Å². The molecule has 2 aromatic rings. The van der Waals surface area contributed by atoms with Crippen LogP contribution in [0.3, 0.4) is 0 Å². The molecule has 2 rings (SSSR count). The van der Waals surface area contributed by atoms with E-state index in [1.807, 2.05) is 25.1 Å². The van der Waals surface area contributed by atoms with Crippen molar-refractivity contribution in [3.8, 4) is 11.3 Å². The normalized spacial score (nSPS) is 10.3.